The maximum Gasteiger partial charge on any atom is 0.307 e. The molecule has 1 aromatic carbocycles. The van der Waals surface area contributed by atoms with E-state index in [1.54, 1.807) is 12.1 Å². The van der Waals surface area contributed by atoms with Gasteiger partial charge in [-0.05, 0) is 13.0 Å². The first-order valence-corrected chi connectivity index (χ1v) is 6.08. The van der Waals surface area contributed by atoms with Crippen molar-refractivity contribution in [1.82, 2.24) is 5.32 Å². The van der Waals surface area contributed by atoms with E-state index in [1.165, 1.54) is 7.11 Å². The maximum atomic E-state index is 12.2. The first kappa shape index (κ1) is 14.4. The normalized spacial score (nSPS) is 11.9. The van der Waals surface area contributed by atoms with Crippen molar-refractivity contribution in [2.45, 2.75) is 25.8 Å². The number of hydrogen-bond donors (Lipinski definition) is 1. The van der Waals surface area contributed by atoms with E-state index in [0.717, 1.165) is 6.42 Å². The van der Waals surface area contributed by atoms with Gasteiger partial charge >= 0.3 is 5.97 Å². The quantitative estimate of drug-likeness (QED) is 0.591. The first-order chi connectivity index (χ1) is 8.69. The molecule has 0 amide bonds. The highest BCUT2D eigenvalue weighted by Crippen LogP contribution is 2.07. The van der Waals surface area contributed by atoms with E-state index in [4.69, 9.17) is 0 Å². The summed E-state index contributed by atoms with van der Waals surface area (Å²) >= 11 is 0. The number of nitrogens with one attached hydrogen (secondary N) is 1. The number of Topliss-reactive ketones (excluding diaryl/α,β-unsaturated/α-hetero) is 1. The number of rotatable bonds is 7. The van der Waals surface area contributed by atoms with Crippen molar-refractivity contribution in [3.63, 3.8) is 0 Å². The monoisotopic (exact) mass is 249 g/mol. The van der Waals surface area contributed by atoms with Gasteiger partial charge in [-0.1, -0.05) is 37.3 Å². The molecule has 1 aromatic rings. The topological polar surface area (TPSA) is 55.4 Å². The number of methoxy groups -OCH3 is 1. The van der Waals surface area contributed by atoms with E-state index < -0.39 is 6.04 Å². The number of carbonyl (C=O) groups is 2. The molecule has 1 rings (SSSR count). The highest BCUT2D eigenvalue weighted by Gasteiger charge is 2.22. The lowest BCUT2D eigenvalue weighted by Crippen LogP contribution is -2.39. The SMILES string of the molecule is CCCNC(CC(=O)OC)C(=O)c1ccccc1. The summed E-state index contributed by atoms with van der Waals surface area (Å²) < 4.78 is 4.62. The smallest absolute Gasteiger partial charge is 0.307 e. The Morgan fingerprint density at radius 3 is 2.50 bits per heavy atom. The highest BCUT2D eigenvalue weighted by molar-refractivity contribution is 6.01. The molecule has 0 fully saturated rings. The Morgan fingerprint density at radius 1 is 1.28 bits per heavy atom. The van der Waals surface area contributed by atoms with Crippen molar-refractivity contribution < 1.29 is 14.3 Å². The molecule has 1 unspecified atom stereocenters. The van der Waals surface area contributed by atoms with Gasteiger partial charge in [0, 0.05) is 5.56 Å². The molecular weight excluding hydrogens is 230 g/mol. The standard InChI is InChI=1S/C14H19NO3/c1-3-9-15-12(10-13(16)18-2)14(17)11-7-5-4-6-8-11/h4-8,12,15H,3,9-10H2,1-2H3. The van der Waals surface area contributed by atoms with Gasteiger partial charge in [0.15, 0.2) is 5.78 Å². The van der Waals surface area contributed by atoms with E-state index in [9.17, 15) is 9.59 Å². The van der Waals surface area contributed by atoms with Crippen LogP contribution in [-0.4, -0.2) is 31.4 Å². The first-order valence-electron chi connectivity index (χ1n) is 6.08. The second kappa shape index (κ2) is 7.61. The Bertz CT molecular complexity index is 389. The zero-order chi connectivity index (χ0) is 13.4. The Hall–Kier alpha value is -1.68. The van der Waals surface area contributed by atoms with E-state index >= 15 is 0 Å². The van der Waals surface area contributed by atoms with Crippen LogP contribution >= 0.6 is 0 Å². The average molecular weight is 249 g/mol. The van der Waals surface area contributed by atoms with Gasteiger partial charge < -0.3 is 10.1 Å². The largest absolute Gasteiger partial charge is 0.469 e. The maximum absolute atomic E-state index is 12.2. The van der Waals surface area contributed by atoms with Crippen molar-refractivity contribution in [1.29, 1.82) is 0 Å². The van der Waals surface area contributed by atoms with Gasteiger partial charge in [0.2, 0.25) is 0 Å². The fourth-order valence-electron chi connectivity index (χ4n) is 1.63. The molecule has 0 radical (unpaired) electrons. The van der Waals surface area contributed by atoms with Crippen molar-refractivity contribution in [3.05, 3.63) is 35.9 Å². The molecule has 0 spiro atoms. The molecule has 4 nitrogen and oxygen atoms in total. The summed E-state index contributed by atoms with van der Waals surface area (Å²) in [6, 6.07) is 8.45. The van der Waals surface area contributed by atoms with Crippen molar-refractivity contribution >= 4 is 11.8 Å². The molecule has 18 heavy (non-hydrogen) atoms. The van der Waals surface area contributed by atoms with E-state index in [0.29, 0.717) is 12.1 Å². The fraction of sp³-hybridized carbons (Fsp3) is 0.429. The van der Waals surface area contributed by atoms with E-state index in [-0.39, 0.29) is 18.2 Å². The molecule has 98 valence electrons. The Kier molecular flexibility index (Phi) is 6.08. The van der Waals surface area contributed by atoms with Crippen LogP contribution in [0, 0.1) is 0 Å². The molecule has 1 atom stereocenters. The van der Waals surface area contributed by atoms with Gasteiger partial charge in [-0.2, -0.15) is 0 Å². The molecule has 0 bridgehead atoms. The van der Waals surface area contributed by atoms with Crippen molar-refractivity contribution in [3.8, 4) is 0 Å². The third-order valence-electron chi connectivity index (χ3n) is 2.61. The third-order valence-corrected chi connectivity index (χ3v) is 2.61. The zero-order valence-electron chi connectivity index (χ0n) is 10.8. The molecule has 0 saturated heterocycles. The van der Waals surface area contributed by atoms with Crippen LogP contribution in [0.15, 0.2) is 30.3 Å². The van der Waals surface area contributed by atoms with Gasteiger partial charge in [-0.3, -0.25) is 9.59 Å². The van der Waals surface area contributed by atoms with Gasteiger partial charge in [-0.15, -0.1) is 0 Å². The molecule has 1 N–H and O–H groups in total. The lowest BCUT2D eigenvalue weighted by atomic mass is 10.0. The van der Waals surface area contributed by atoms with Crippen LogP contribution in [0.1, 0.15) is 30.1 Å². The van der Waals surface area contributed by atoms with Crippen LogP contribution in [0.5, 0.6) is 0 Å². The summed E-state index contributed by atoms with van der Waals surface area (Å²) in [7, 11) is 1.33. The minimum Gasteiger partial charge on any atom is -0.469 e. The minimum atomic E-state index is -0.514. The van der Waals surface area contributed by atoms with Crippen LogP contribution < -0.4 is 5.32 Å². The summed E-state index contributed by atoms with van der Waals surface area (Å²) in [4.78, 5) is 23.5. The fourth-order valence-corrected chi connectivity index (χ4v) is 1.63. The second-order valence-corrected chi connectivity index (χ2v) is 4.02. The van der Waals surface area contributed by atoms with Crippen LogP contribution in [0.4, 0.5) is 0 Å². The molecule has 0 aliphatic carbocycles. The zero-order valence-corrected chi connectivity index (χ0v) is 10.8. The number of ether oxygens (including phenoxy) is 1. The summed E-state index contributed by atoms with van der Waals surface area (Å²) in [6.07, 6.45) is 0.962. The number of esters is 1. The molecule has 0 aliphatic heterocycles. The summed E-state index contributed by atoms with van der Waals surface area (Å²) in [6.45, 7) is 2.70. The molecule has 0 aliphatic rings. The van der Waals surface area contributed by atoms with Crippen molar-refractivity contribution in [2.75, 3.05) is 13.7 Å². The molecule has 0 saturated carbocycles. The van der Waals surface area contributed by atoms with Crippen LogP contribution in [0.2, 0.25) is 0 Å². The predicted molar refractivity (Wildman–Crippen MR) is 69.5 cm³/mol. The van der Waals surface area contributed by atoms with Crippen LogP contribution in [0.25, 0.3) is 0 Å². The highest BCUT2D eigenvalue weighted by atomic mass is 16.5. The number of ketones is 1. The number of carbonyl (C=O) groups excluding carboxylic acids is 2. The van der Waals surface area contributed by atoms with Crippen molar-refractivity contribution in [2.24, 2.45) is 0 Å². The van der Waals surface area contributed by atoms with Gasteiger partial charge in [0.25, 0.3) is 0 Å². The summed E-state index contributed by atoms with van der Waals surface area (Å²) in [5, 5.41) is 3.08. The molecule has 4 heteroatoms. The van der Waals surface area contributed by atoms with E-state index in [1.807, 2.05) is 25.1 Å². The van der Waals surface area contributed by atoms with Gasteiger partial charge in [0.05, 0.1) is 19.6 Å². The second-order valence-electron chi connectivity index (χ2n) is 4.02. The van der Waals surface area contributed by atoms with Crippen LogP contribution in [0.3, 0.4) is 0 Å². The Labute approximate surface area is 107 Å². The van der Waals surface area contributed by atoms with E-state index in [2.05, 4.69) is 10.1 Å². The lowest BCUT2D eigenvalue weighted by molar-refractivity contribution is -0.140. The Balaban J connectivity index is 2.75. The van der Waals surface area contributed by atoms with Gasteiger partial charge in [-0.25, -0.2) is 0 Å². The lowest BCUT2D eigenvalue weighted by Gasteiger charge is -2.16. The summed E-state index contributed by atoms with van der Waals surface area (Å²) in [5.41, 5.74) is 0.606. The molecular formula is C14H19NO3. The number of benzene rings is 1. The molecule has 0 aromatic heterocycles. The number of hydrogen-bond acceptors (Lipinski definition) is 4. The average Bonchev–Trinajstić information content (AvgIpc) is 2.43. The van der Waals surface area contributed by atoms with Gasteiger partial charge in [0.1, 0.15) is 0 Å². The minimum absolute atomic E-state index is 0.0597. The van der Waals surface area contributed by atoms with Crippen LogP contribution in [-0.2, 0) is 9.53 Å². The predicted octanol–water partition coefficient (Wildman–Crippen LogP) is 1.80. The third kappa shape index (κ3) is 4.30. The molecule has 0 heterocycles. The Morgan fingerprint density at radius 2 is 1.94 bits per heavy atom. The summed E-state index contributed by atoms with van der Waals surface area (Å²) in [5.74, 6) is -0.456.